The van der Waals surface area contributed by atoms with Gasteiger partial charge in [-0.05, 0) is 38.8 Å². The van der Waals surface area contributed by atoms with Gasteiger partial charge in [-0.15, -0.1) is 0 Å². The van der Waals surface area contributed by atoms with Crippen LogP contribution in [0.15, 0.2) is 54.6 Å². The molecule has 1 aromatic heterocycles. The Balaban J connectivity index is 1.66. The van der Waals surface area contributed by atoms with Crippen LogP contribution in [-0.4, -0.2) is 64.4 Å². The van der Waals surface area contributed by atoms with Crippen LogP contribution >= 0.6 is 0 Å². The predicted molar refractivity (Wildman–Crippen MR) is 136 cm³/mol. The number of aromatic nitrogens is 2. The van der Waals surface area contributed by atoms with Crippen molar-refractivity contribution in [2.75, 3.05) is 26.3 Å². The van der Waals surface area contributed by atoms with Gasteiger partial charge in [0.15, 0.2) is 0 Å². The van der Waals surface area contributed by atoms with Crippen molar-refractivity contribution >= 4 is 0 Å². The third-order valence-corrected chi connectivity index (χ3v) is 6.10. The van der Waals surface area contributed by atoms with Crippen molar-refractivity contribution in [3.63, 3.8) is 0 Å². The molecule has 1 aliphatic heterocycles. The fourth-order valence-electron chi connectivity index (χ4n) is 4.45. The third-order valence-electron chi connectivity index (χ3n) is 6.10. The molecule has 1 aliphatic rings. The lowest BCUT2D eigenvalue weighted by molar-refractivity contribution is -0.0172. The van der Waals surface area contributed by atoms with Crippen LogP contribution in [-0.2, 0) is 23.1 Å². The Bertz CT molecular complexity index is 1100. The number of halogens is 1. The van der Waals surface area contributed by atoms with Gasteiger partial charge in [0.1, 0.15) is 17.3 Å². The van der Waals surface area contributed by atoms with Gasteiger partial charge >= 0.3 is 0 Å². The fraction of sp³-hybridized carbons (Fsp3) is 0.464. The lowest BCUT2D eigenvalue weighted by Crippen LogP contribution is -2.39. The van der Waals surface area contributed by atoms with Crippen molar-refractivity contribution in [1.29, 1.82) is 0 Å². The Morgan fingerprint density at radius 2 is 2.00 bits per heavy atom. The number of aliphatic hydroxyl groups excluding tert-OH is 1. The molecule has 0 bridgehead atoms. The largest absolute Gasteiger partial charge is 0.439 e. The summed E-state index contributed by atoms with van der Waals surface area (Å²) in [6, 6.07) is 16.0. The number of rotatable bonds is 12. The van der Waals surface area contributed by atoms with E-state index in [4.69, 9.17) is 19.3 Å². The zero-order chi connectivity index (χ0) is 25.5. The molecule has 7 nitrogen and oxygen atoms in total. The predicted octanol–water partition coefficient (Wildman–Crippen LogP) is 4.79. The summed E-state index contributed by atoms with van der Waals surface area (Å²) in [5, 5.41) is 15.5. The van der Waals surface area contributed by atoms with Crippen LogP contribution in [0, 0.1) is 5.82 Å². The molecule has 0 aliphatic carbocycles. The van der Waals surface area contributed by atoms with E-state index in [2.05, 4.69) is 4.90 Å². The molecule has 4 rings (SSSR count). The minimum Gasteiger partial charge on any atom is -0.439 e. The maximum absolute atomic E-state index is 13.9. The van der Waals surface area contributed by atoms with Gasteiger partial charge in [0.25, 0.3) is 0 Å². The van der Waals surface area contributed by atoms with Crippen molar-refractivity contribution < 1.29 is 23.7 Å². The van der Waals surface area contributed by atoms with Crippen molar-refractivity contribution in [2.45, 2.75) is 51.5 Å². The normalized spacial score (nSPS) is 16.7. The van der Waals surface area contributed by atoms with Gasteiger partial charge in [0, 0.05) is 44.9 Å². The lowest BCUT2D eigenvalue weighted by Gasteiger charge is -2.28. The monoisotopic (exact) mass is 497 g/mol. The summed E-state index contributed by atoms with van der Waals surface area (Å²) < 4.78 is 33.3. The Hall–Kier alpha value is -2.78. The molecule has 1 saturated heterocycles. The molecule has 194 valence electrons. The summed E-state index contributed by atoms with van der Waals surface area (Å²) in [5.74, 6) is 0.562. The Kier molecular flexibility index (Phi) is 9.09. The maximum Gasteiger partial charge on any atom is 0.222 e. The Labute approximate surface area is 212 Å². The average Bonchev–Trinajstić information content (AvgIpc) is 3.47. The molecular weight excluding hydrogens is 461 g/mol. The molecule has 0 saturated carbocycles. The first-order valence-electron chi connectivity index (χ1n) is 12.6. The summed E-state index contributed by atoms with van der Waals surface area (Å²) in [6.45, 7) is 6.47. The van der Waals surface area contributed by atoms with Crippen LogP contribution in [0.3, 0.4) is 0 Å². The van der Waals surface area contributed by atoms with E-state index in [1.807, 2.05) is 51.2 Å². The van der Waals surface area contributed by atoms with E-state index in [9.17, 15) is 9.50 Å². The van der Waals surface area contributed by atoms with E-state index in [0.717, 1.165) is 36.3 Å². The summed E-state index contributed by atoms with van der Waals surface area (Å²) in [7, 11) is 1.82. The standard InChI is InChI=1S/C28H36FN3O4/c1-20(2)35-19-23(33)16-32(17-25-13-8-14-34-25)18-26-27(21-9-5-4-6-10-21)30-31(3)28(26)36-24-12-7-11-22(29)15-24/h4-7,9-12,15,20,23,25,33H,8,13-14,16-19H2,1-3H3/t23-,25+/m1/s1. The average molecular weight is 498 g/mol. The van der Waals surface area contributed by atoms with E-state index in [-0.39, 0.29) is 24.6 Å². The van der Waals surface area contributed by atoms with E-state index in [1.165, 1.54) is 12.1 Å². The van der Waals surface area contributed by atoms with Crippen LogP contribution in [0.25, 0.3) is 11.3 Å². The van der Waals surface area contributed by atoms with Crippen LogP contribution in [0.4, 0.5) is 4.39 Å². The van der Waals surface area contributed by atoms with E-state index in [0.29, 0.717) is 31.3 Å². The number of benzene rings is 2. The van der Waals surface area contributed by atoms with E-state index >= 15 is 0 Å². The summed E-state index contributed by atoms with van der Waals surface area (Å²) >= 11 is 0. The number of ether oxygens (including phenoxy) is 3. The number of aliphatic hydroxyl groups is 1. The van der Waals surface area contributed by atoms with Crippen LogP contribution in [0.5, 0.6) is 11.6 Å². The summed E-state index contributed by atoms with van der Waals surface area (Å²) in [4.78, 5) is 2.17. The molecule has 2 aromatic carbocycles. The highest BCUT2D eigenvalue weighted by atomic mass is 19.1. The Morgan fingerprint density at radius 3 is 2.69 bits per heavy atom. The number of aryl methyl sites for hydroxylation is 1. The van der Waals surface area contributed by atoms with Crippen molar-refractivity contribution in [3.8, 4) is 22.9 Å². The van der Waals surface area contributed by atoms with Gasteiger partial charge in [0.2, 0.25) is 5.88 Å². The quantitative estimate of drug-likeness (QED) is 0.388. The topological polar surface area (TPSA) is 69.0 Å². The molecule has 1 N–H and O–H groups in total. The van der Waals surface area contributed by atoms with Crippen molar-refractivity contribution in [2.24, 2.45) is 7.05 Å². The molecule has 8 heteroatoms. The second kappa shape index (κ2) is 12.5. The highest BCUT2D eigenvalue weighted by Gasteiger charge is 2.26. The fourth-order valence-corrected chi connectivity index (χ4v) is 4.45. The third kappa shape index (κ3) is 7.13. The first-order chi connectivity index (χ1) is 17.4. The van der Waals surface area contributed by atoms with E-state index in [1.54, 1.807) is 16.8 Å². The van der Waals surface area contributed by atoms with Crippen molar-refractivity contribution in [1.82, 2.24) is 14.7 Å². The van der Waals surface area contributed by atoms with Crippen LogP contribution in [0.1, 0.15) is 32.3 Å². The molecule has 1 fully saturated rings. The number of nitrogens with zero attached hydrogens (tertiary/aromatic N) is 3. The van der Waals surface area contributed by atoms with Gasteiger partial charge in [-0.3, -0.25) is 4.90 Å². The zero-order valence-electron chi connectivity index (χ0n) is 21.3. The molecule has 0 spiro atoms. The number of hydrogen-bond donors (Lipinski definition) is 1. The second-order valence-corrected chi connectivity index (χ2v) is 9.55. The molecule has 0 unspecified atom stereocenters. The highest BCUT2D eigenvalue weighted by molar-refractivity contribution is 5.65. The summed E-state index contributed by atoms with van der Waals surface area (Å²) in [6.07, 6.45) is 1.51. The van der Waals surface area contributed by atoms with Gasteiger partial charge < -0.3 is 19.3 Å². The molecule has 3 aromatic rings. The zero-order valence-corrected chi connectivity index (χ0v) is 21.3. The van der Waals surface area contributed by atoms with Gasteiger partial charge in [-0.1, -0.05) is 36.4 Å². The SMILES string of the molecule is CC(C)OC[C@H](O)CN(Cc1c(-c2ccccc2)nn(C)c1Oc1cccc(F)c1)C[C@@H]1CCCO1. The van der Waals surface area contributed by atoms with Crippen molar-refractivity contribution in [3.05, 3.63) is 66.0 Å². The first kappa shape index (κ1) is 26.3. The van der Waals surface area contributed by atoms with Crippen LogP contribution < -0.4 is 4.74 Å². The molecule has 0 radical (unpaired) electrons. The number of hydrogen-bond acceptors (Lipinski definition) is 6. The Morgan fingerprint density at radius 1 is 1.19 bits per heavy atom. The highest BCUT2D eigenvalue weighted by Crippen LogP contribution is 2.34. The smallest absolute Gasteiger partial charge is 0.222 e. The molecule has 36 heavy (non-hydrogen) atoms. The van der Waals surface area contributed by atoms with Crippen LogP contribution in [0.2, 0.25) is 0 Å². The minimum atomic E-state index is -0.654. The lowest BCUT2D eigenvalue weighted by atomic mass is 10.1. The van der Waals surface area contributed by atoms with Gasteiger partial charge in [-0.25, -0.2) is 9.07 Å². The van der Waals surface area contributed by atoms with Gasteiger partial charge in [0.05, 0.1) is 30.5 Å². The second-order valence-electron chi connectivity index (χ2n) is 9.55. The first-order valence-corrected chi connectivity index (χ1v) is 12.6. The molecular formula is C28H36FN3O4. The molecule has 2 atom stereocenters. The molecule has 0 amide bonds. The minimum absolute atomic E-state index is 0.0422. The van der Waals surface area contributed by atoms with E-state index < -0.39 is 6.10 Å². The summed E-state index contributed by atoms with van der Waals surface area (Å²) in [5.41, 5.74) is 2.61. The molecule has 2 heterocycles. The van der Waals surface area contributed by atoms with Gasteiger partial charge in [-0.2, -0.15) is 5.10 Å². The maximum atomic E-state index is 13.9.